The summed E-state index contributed by atoms with van der Waals surface area (Å²) in [4.78, 5) is 28.3. The van der Waals surface area contributed by atoms with E-state index in [0.717, 1.165) is 16.7 Å². The summed E-state index contributed by atoms with van der Waals surface area (Å²) < 4.78 is 0. The molecular weight excluding hydrogens is 350 g/mol. The van der Waals surface area contributed by atoms with Crippen molar-refractivity contribution in [3.05, 3.63) is 84.0 Å². The molecule has 2 amide bonds. The molecule has 2 aromatic rings. The van der Waals surface area contributed by atoms with Gasteiger partial charge >= 0.3 is 0 Å². The molecule has 0 bridgehead atoms. The molecule has 0 spiro atoms. The van der Waals surface area contributed by atoms with E-state index in [9.17, 15) is 14.7 Å². The highest BCUT2D eigenvalue weighted by atomic mass is 16.3. The summed E-state index contributed by atoms with van der Waals surface area (Å²) in [5.41, 5.74) is 2.29. The number of imide groups is 1. The third-order valence-electron chi connectivity index (χ3n) is 6.23. The van der Waals surface area contributed by atoms with Crippen molar-refractivity contribution in [1.82, 2.24) is 0 Å². The average Bonchev–Trinajstić information content (AvgIpc) is 2.90. The second-order valence-electron chi connectivity index (χ2n) is 7.77. The molecule has 4 rings (SSSR count). The molecule has 1 aliphatic carbocycles. The molecule has 0 saturated carbocycles. The lowest BCUT2D eigenvalue weighted by Crippen LogP contribution is -2.41. The van der Waals surface area contributed by atoms with Crippen LogP contribution in [0.15, 0.2) is 72.8 Å². The Morgan fingerprint density at radius 3 is 2.54 bits per heavy atom. The molecule has 3 atom stereocenters. The standard InChI is InChI=1S/C24H23NO3/c1-4-16-10-12-19-22(27)25(18-8-6-5-7-9-18)23(28)24(19,3)21(16)17-11-13-20(26)15(2)14-17/h4-11,13-14,19,21,26H,1,12H2,2-3H3. The van der Waals surface area contributed by atoms with Crippen LogP contribution in [-0.4, -0.2) is 16.9 Å². The largest absolute Gasteiger partial charge is 0.508 e. The molecule has 4 heteroatoms. The molecular formula is C24H23NO3. The van der Waals surface area contributed by atoms with Crippen LogP contribution >= 0.6 is 0 Å². The third-order valence-corrected chi connectivity index (χ3v) is 6.23. The van der Waals surface area contributed by atoms with Crippen LogP contribution in [0.2, 0.25) is 0 Å². The van der Waals surface area contributed by atoms with Gasteiger partial charge in [0.25, 0.3) is 0 Å². The van der Waals surface area contributed by atoms with Crippen molar-refractivity contribution < 1.29 is 14.7 Å². The maximum absolute atomic E-state index is 13.7. The Labute approximate surface area is 164 Å². The number of aryl methyl sites for hydroxylation is 1. The number of phenols is 1. The van der Waals surface area contributed by atoms with Crippen LogP contribution in [0.25, 0.3) is 0 Å². The van der Waals surface area contributed by atoms with E-state index in [1.165, 1.54) is 4.90 Å². The van der Waals surface area contributed by atoms with Gasteiger partial charge in [-0.1, -0.05) is 49.1 Å². The summed E-state index contributed by atoms with van der Waals surface area (Å²) in [6, 6.07) is 14.5. The number of aromatic hydroxyl groups is 1. The molecule has 0 radical (unpaired) electrons. The minimum atomic E-state index is -0.908. The molecule has 4 nitrogen and oxygen atoms in total. The summed E-state index contributed by atoms with van der Waals surface area (Å²) in [5, 5.41) is 9.94. The summed E-state index contributed by atoms with van der Waals surface area (Å²) in [6.07, 6.45) is 4.31. The number of amides is 2. The fourth-order valence-corrected chi connectivity index (χ4v) is 4.71. The van der Waals surface area contributed by atoms with E-state index >= 15 is 0 Å². The number of hydrogen-bond donors (Lipinski definition) is 1. The molecule has 1 saturated heterocycles. The smallest absolute Gasteiger partial charge is 0.241 e. The van der Waals surface area contributed by atoms with Crippen molar-refractivity contribution in [3.8, 4) is 5.75 Å². The summed E-state index contributed by atoms with van der Waals surface area (Å²) in [7, 11) is 0. The number of allylic oxidation sites excluding steroid dienone is 3. The molecule has 2 aliphatic rings. The maximum Gasteiger partial charge on any atom is 0.241 e. The highest BCUT2D eigenvalue weighted by Crippen LogP contribution is 2.56. The first-order valence-corrected chi connectivity index (χ1v) is 9.45. The van der Waals surface area contributed by atoms with Gasteiger partial charge in [-0.2, -0.15) is 0 Å². The van der Waals surface area contributed by atoms with Gasteiger partial charge in [0.15, 0.2) is 0 Å². The second-order valence-corrected chi connectivity index (χ2v) is 7.77. The number of phenolic OH excluding ortho intramolecular Hbond substituents is 1. The van der Waals surface area contributed by atoms with Crippen molar-refractivity contribution in [3.63, 3.8) is 0 Å². The molecule has 2 aromatic carbocycles. The molecule has 28 heavy (non-hydrogen) atoms. The van der Waals surface area contributed by atoms with Crippen molar-refractivity contribution >= 4 is 17.5 Å². The van der Waals surface area contributed by atoms with E-state index in [-0.39, 0.29) is 23.5 Å². The first-order chi connectivity index (χ1) is 13.4. The molecule has 1 N–H and O–H groups in total. The van der Waals surface area contributed by atoms with Gasteiger partial charge in [-0.05, 0) is 55.2 Å². The van der Waals surface area contributed by atoms with E-state index in [2.05, 4.69) is 6.58 Å². The zero-order valence-corrected chi connectivity index (χ0v) is 16.1. The third kappa shape index (κ3) is 2.44. The Morgan fingerprint density at radius 1 is 1.18 bits per heavy atom. The zero-order chi connectivity index (χ0) is 20.1. The SMILES string of the molecule is C=CC1=CCC2C(=O)N(c3ccccc3)C(=O)C2(C)C1c1ccc(O)c(C)c1. The molecule has 142 valence electrons. The number of anilines is 1. The molecule has 1 heterocycles. The lowest BCUT2D eigenvalue weighted by molar-refractivity contribution is -0.127. The zero-order valence-electron chi connectivity index (χ0n) is 16.1. The number of rotatable bonds is 3. The van der Waals surface area contributed by atoms with Crippen LogP contribution in [0.4, 0.5) is 5.69 Å². The van der Waals surface area contributed by atoms with Crippen LogP contribution in [0.5, 0.6) is 5.75 Å². The normalized spacial score (nSPS) is 26.8. The fraction of sp³-hybridized carbons (Fsp3) is 0.250. The van der Waals surface area contributed by atoms with Crippen molar-refractivity contribution in [2.24, 2.45) is 11.3 Å². The number of fused-ring (bicyclic) bond motifs is 1. The summed E-state index contributed by atoms with van der Waals surface area (Å²) in [5.74, 6) is -0.850. The predicted molar refractivity (Wildman–Crippen MR) is 109 cm³/mol. The predicted octanol–water partition coefficient (Wildman–Crippen LogP) is 4.50. The van der Waals surface area contributed by atoms with Gasteiger partial charge in [-0.25, -0.2) is 4.90 Å². The number of nitrogens with zero attached hydrogens (tertiary/aromatic N) is 1. The first-order valence-electron chi connectivity index (χ1n) is 9.45. The van der Waals surface area contributed by atoms with E-state index in [0.29, 0.717) is 12.1 Å². The summed E-state index contributed by atoms with van der Waals surface area (Å²) >= 11 is 0. The lowest BCUT2D eigenvalue weighted by atomic mass is 9.60. The van der Waals surface area contributed by atoms with Crippen molar-refractivity contribution in [2.45, 2.75) is 26.2 Å². The number of carbonyl (C=O) groups is 2. The van der Waals surface area contributed by atoms with Crippen LogP contribution < -0.4 is 4.90 Å². The second kappa shape index (κ2) is 6.48. The quantitative estimate of drug-likeness (QED) is 0.806. The van der Waals surface area contributed by atoms with Gasteiger partial charge in [-0.15, -0.1) is 0 Å². The molecule has 1 aliphatic heterocycles. The molecule has 0 aromatic heterocycles. The highest BCUT2D eigenvalue weighted by Gasteiger charge is 2.62. The topological polar surface area (TPSA) is 57.6 Å². The van der Waals surface area contributed by atoms with Gasteiger partial charge in [-0.3, -0.25) is 9.59 Å². The van der Waals surface area contributed by atoms with Gasteiger partial charge < -0.3 is 5.11 Å². The lowest BCUT2D eigenvalue weighted by Gasteiger charge is -2.40. The molecule has 1 fully saturated rings. The van der Waals surface area contributed by atoms with Crippen molar-refractivity contribution in [2.75, 3.05) is 4.90 Å². The minimum Gasteiger partial charge on any atom is -0.508 e. The fourth-order valence-electron chi connectivity index (χ4n) is 4.71. The van der Waals surface area contributed by atoms with Gasteiger partial charge in [0, 0.05) is 5.92 Å². The number of carbonyl (C=O) groups excluding carboxylic acids is 2. The maximum atomic E-state index is 13.7. The first kappa shape index (κ1) is 18.2. The number of para-hydroxylation sites is 1. The van der Waals surface area contributed by atoms with Crippen molar-refractivity contribution in [1.29, 1.82) is 0 Å². The number of benzene rings is 2. The van der Waals surface area contributed by atoms with Gasteiger partial charge in [0.2, 0.25) is 11.8 Å². The van der Waals surface area contributed by atoms with Crippen LogP contribution in [0.1, 0.15) is 30.4 Å². The Balaban J connectivity index is 1.88. The number of hydrogen-bond acceptors (Lipinski definition) is 3. The van der Waals surface area contributed by atoms with Gasteiger partial charge in [0.05, 0.1) is 17.0 Å². The monoisotopic (exact) mass is 373 g/mol. The highest BCUT2D eigenvalue weighted by molar-refractivity contribution is 6.24. The minimum absolute atomic E-state index is 0.154. The van der Waals surface area contributed by atoms with Gasteiger partial charge in [0.1, 0.15) is 5.75 Å². The van der Waals surface area contributed by atoms with Crippen LogP contribution in [-0.2, 0) is 9.59 Å². The Bertz CT molecular complexity index is 1010. The van der Waals surface area contributed by atoms with E-state index in [1.807, 2.05) is 50.3 Å². The van der Waals surface area contributed by atoms with E-state index < -0.39 is 11.3 Å². The average molecular weight is 373 g/mol. The van der Waals surface area contributed by atoms with Crippen LogP contribution in [0, 0.1) is 18.3 Å². The Hall–Kier alpha value is -3.14. The van der Waals surface area contributed by atoms with E-state index in [1.54, 1.807) is 24.3 Å². The van der Waals surface area contributed by atoms with Crippen LogP contribution in [0.3, 0.4) is 0 Å². The van der Waals surface area contributed by atoms with E-state index in [4.69, 9.17) is 0 Å². The molecule has 3 unspecified atom stereocenters. The summed E-state index contributed by atoms with van der Waals surface area (Å²) in [6.45, 7) is 7.66. The Morgan fingerprint density at radius 2 is 1.89 bits per heavy atom. The Kier molecular flexibility index (Phi) is 4.22.